The molecule has 0 N–H and O–H groups in total. The molecule has 2 aromatic rings. The summed E-state index contributed by atoms with van der Waals surface area (Å²) in [4.78, 5) is 4.60. The molecule has 1 aromatic heterocycles. The van der Waals surface area contributed by atoms with Crippen molar-refractivity contribution in [3.05, 3.63) is 41.7 Å². The Morgan fingerprint density at radius 2 is 2.11 bits per heavy atom. The first-order chi connectivity index (χ1) is 9.13. The number of hydrogen-bond acceptors (Lipinski definition) is 2. The van der Waals surface area contributed by atoms with E-state index in [1.54, 1.807) is 0 Å². The summed E-state index contributed by atoms with van der Waals surface area (Å²) in [7, 11) is 0. The summed E-state index contributed by atoms with van der Waals surface area (Å²) >= 11 is 6.47. The van der Waals surface area contributed by atoms with Crippen LogP contribution in [0.1, 0.15) is 31.1 Å². The van der Waals surface area contributed by atoms with E-state index in [1.807, 2.05) is 34.9 Å². The first-order valence-electron chi connectivity index (χ1n) is 6.35. The summed E-state index contributed by atoms with van der Waals surface area (Å²) in [5.41, 5.74) is 2.66. The maximum atomic E-state index is 9.48. The van der Waals surface area contributed by atoms with Crippen LogP contribution in [0.15, 0.2) is 35.9 Å². The van der Waals surface area contributed by atoms with Gasteiger partial charge in [0.05, 0.1) is 17.1 Å². The number of fused-ring (bicyclic) bond motifs is 3. The zero-order valence-electron chi connectivity index (χ0n) is 10.8. The number of hydrogen-bond donors (Lipinski definition) is 0. The Labute approximate surface area is 117 Å². The average Bonchev–Trinajstić information content (AvgIpc) is 2.78. The van der Waals surface area contributed by atoms with Crippen molar-refractivity contribution in [2.45, 2.75) is 25.3 Å². The largest absolute Gasteiger partial charge is 0.306 e. The minimum absolute atomic E-state index is 0.274. The van der Waals surface area contributed by atoms with E-state index < -0.39 is 0 Å². The molecule has 3 nitrogen and oxygen atoms in total. The number of halogens is 1. The summed E-state index contributed by atoms with van der Waals surface area (Å²) < 4.78 is 1.96. The zero-order valence-corrected chi connectivity index (χ0v) is 11.6. The predicted octanol–water partition coefficient (Wildman–Crippen LogP) is 3.98. The highest BCUT2D eigenvalue weighted by atomic mass is 35.5. The Morgan fingerprint density at radius 1 is 1.37 bits per heavy atom. The Morgan fingerprint density at radius 3 is 2.79 bits per heavy atom. The lowest BCUT2D eigenvalue weighted by atomic mass is 9.88. The van der Waals surface area contributed by atoms with Crippen LogP contribution in [0.25, 0.3) is 11.0 Å². The van der Waals surface area contributed by atoms with Gasteiger partial charge in [-0.1, -0.05) is 37.6 Å². The van der Waals surface area contributed by atoms with E-state index in [-0.39, 0.29) is 11.4 Å². The molecule has 2 atom stereocenters. The highest BCUT2D eigenvalue weighted by Gasteiger charge is 2.31. The lowest BCUT2D eigenvalue weighted by Gasteiger charge is -2.26. The van der Waals surface area contributed by atoms with Gasteiger partial charge in [-0.25, -0.2) is 4.98 Å². The number of benzene rings is 1. The van der Waals surface area contributed by atoms with Gasteiger partial charge in [-0.05, 0) is 29.7 Å². The molecule has 0 bridgehead atoms. The zero-order chi connectivity index (χ0) is 13.6. The molecule has 0 saturated heterocycles. The summed E-state index contributed by atoms with van der Waals surface area (Å²) in [6.45, 7) is 4.16. The highest BCUT2D eigenvalue weighted by molar-refractivity contribution is 6.20. The van der Waals surface area contributed by atoms with Crippen LogP contribution in [-0.4, -0.2) is 9.55 Å². The van der Waals surface area contributed by atoms with E-state index in [4.69, 9.17) is 11.6 Å². The van der Waals surface area contributed by atoms with Crippen LogP contribution in [0.4, 0.5) is 0 Å². The molecule has 19 heavy (non-hydrogen) atoms. The Kier molecular flexibility index (Phi) is 2.83. The molecule has 0 saturated carbocycles. The number of alkyl halides is 1. The van der Waals surface area contributed by atoms with Gasteiger partial charge in [0.2, 0.25) is 0 Å². The number of nitriles is 1. The van der Waals surface area contributed by atoms with Crippen LogP contribution in [0.5, 0.6) is 0 Å². The molecule has 3 rings (SSSR count). The third-order valence-electron chi connectivity index (χ3n) is 3.59. The van der Waals surface area contributed by atoms with E-state index >= 15 is 0 Å². The first-order valence-corrected chi connectivity index (χ1v) is 6.79. The molecule has 0 spiro atoms. The van der Waals surface area contributed by atoms with Crippen molar-refractivity contribution in [3.8, 4) is 6.07 Å². The fraction of sp³-hybridized carbons (Fsp3) is 0.333. The maximum absolute atomic E-state index is 9.48. The van der Waals surface area contributed by atoms with E-state index in [2.05, 4.69) is 24.9 Å². The van der Waals surface area contributed by atoms with Gasteiger partial charge in [-0.15, -0.1) is 0 Å². The molecule has 0 aliphatic carbocycles. The molecule has 1 aliphatic rings. The molecule has 0 radical (unpaired) electrons. The molecular formula is C15H14ClN3. The van der Waals surface area contributed by atoms with E-state index in [9.17, 15) is 5.26 Å². The standard InChI is InChI=1S/C15H14ClN3/c1-9(2)10-7-14(16)19-13-6-4-3-5-12(13)18-15(19)11(10)8-17/h3-7,9,11,14H,1-2H3. The smallest absolute Gasteiger partial charge is 0.133 e. The van der Waals surface area contributed by atoms with Crippen molar-refractivity contribution < 1.29 is 0 Å². The summed E-state index contributed by atoms with van der Waals surface area (Å²) in [6.07, 6.45) is 1.99. The number of imidazole rings is 1. The Hall–Kier alpha value is -1.79. The van der Waals surface area contributed by atoms with Crippen LogP contribution in [0, 0.1) is 17.2 Å². The minimum Gasteiger partial charge on any atom is -0.306 e. The Bertz CT molecular complexity index is 706. The number of rotatable bonds is 1. The number of para-hydroxylation sites is 2. The van der Waals surface area contributed by atoms with Crippen molar-refractivity contribution in [2.75, 3.05) is 0 Å². The predicted molar refractivity (Wildman–Crippen MR) is 75.9 cm³/mol. The van der Waals surface area contributed by atoms with Crippen molar-refractivity contribution in [1.82, 2.24) is 9.55 Å². The maximum Gasteiger partial charge on any atom is 0.133 e. The van der Waals surface area contributed by atoms with E-state index in [0.717, 1.165) is 22.4 Å². The van der Waals surface area contributed by atoms with Gasteiger partial charge in [0, 0.05) is 0 Å². The third-order valence-corrected chi connectivity index (χ3v) is 3.91. The average molecular weight is 272 g/mol. The van der Waals surface area contributed by atoms with Crippen LogP contribution < -0.4 is 0 Å². The molecular weight excluding hydrogens is 258 g/mol. The highest BCUT2D eigenvalue weighted by Crippen LogP contribution is 2.40. The second-order valence-corrected chi connectivity index (χ2v) is 5.53. The SMILES string of the molecule is CC(C)C1=CC(Cl)n2c(nc3ccccc32)C1C#N. The molecule has 2 heterocycles. The summed E-state index contributed by atoms with van der Waals surface area (Å²) in [5.74, 6) is 0.747. The van der Waals surface area contributed by atoms with Gasteiger partial charge < -0.3 is 4.57 Å². The molecule has 0 fully saturated rings. The molecule has 96 valence electrons. The molecule has 1 aromatic carbocycles. The van der Waals surface area contributed by atoms with Crippen LogP contribution in [0.2, 0.25) is 0 Å². The van der Waals surface area contributed by atoms with Crippen molar-refractivity contribution in [2.24, 2.45) is 5.92 Å². The van der Waals surface area contributed by atoms with Crippen molar-refractivity contribution in [1.29, 1.82) is 5.26 Å². The topological polar surface area (TPSA) is 41.6 Å². The van der Waals surface area contributed by atoms with E-state index in [1.165, 1.54) is 0 Å². The molecule has 0 amide bonds. The monoisotopic (exact) mass is 271 g/mol. The van der Waals surface area contributed by atoms with Gasteiger partial charge in [0.1, 0.15) is 17.2 Å². The van der Waals surface area contributed by atoms with Crippen LogP contribution in [-0.2, 0) is 0 Å². The second kappa shape index (κ2) is 4.40. The number of allylic oxidation sites excluding steroid dienone is 2. The number of aromatic nitrogens is 2. The van der Waals surface area contributed by atoms with Gasteiger partial charge in [-0.2, -0.15) is 5.26 Å². The quantitative estimate of drug-likeness (QED) is 0.581. The van der Waals surface area contributed by atoms with Gasteiger partial charge in [0.15, 0.2) is 0 Å². The fourth-order valence-corrected chi connectivity index (χ4v) is 3.01. The first kappa shape index (κ1) is 12.3. The van der Waals surface area contributed by atoms with Gasteiger partial charge in [-0.3, -0.25) is 0 Å². The molecule has 4 heteroatoms. The van der Waals surface area contributed by atoms with Gasteiger partial charge in [0.25, 0.3) is 0 Å². The lowest BCUT2D eigenvalue weighted by molar-refractivity contribution is 0.613. The van der Waals surface area contributed by atoms with Crippen LogP contribution >= 0.6 is 11.6 Å². The van der Waals surface area contributed by atoms with Crippen LogP contribution in [0.3, 0.4) is 0 Å². The third kappa shape index (κ3) is 1.75. The number of nitrogens with zero attached hydrogens (tertiary/aromatic N) is 3. The summed E-state index contributed by atoms with van der Waals surface area (Å²) in [6, 6.07) is 10.2. The molecule has 1 aliphatic heterocycles. The summed E-state index contributed by atoms with van der Waals surface area (Å²) in [5, 5.41) is 9.48. The second-order valence-electron chi connectivity index (χ2n) is 5.08. The van der Waals surface area contributed by atoms with Gasteiger partial charge >= 0.3 is 0 Å². The van der Waals surface area contributed by atoms with Crippen molar-refractivity contribution >= 4 is 22.6 Å². The Balaban J connectivity index is 2.28. The van der Waals surface area contributed by atoms with Crippen molar-refractivity contribution in [3.63, 3.8) is 0 Å². The minimum atomic E-state index is -0.303. The van der Waals surface area contributed by atoms with E-state index in [0.29, 0.717) is 5.92 Å². The normalized spacial score (nSPS) is 22.2. The lowest BCUT2D eigenvalue weighted by Crippen LogP contribution is -2.19. The molecule has 2 unspecified atom stereocenters. The fourth-order valence-electron chi connectivity index (χ4n) is 2.66.